The Bertz CT molecular complexity index is 1080. The zero-order chi connectivity index (χ0) is 18.7. The van der Waals surface area contributed by atoms with Crippen molar-refractivity contribution in [3.63, 3.8) is 0 Å². The Labute approximate surface area is 149 Å². The number of hydrogen-bond acceptors (Lipinski definition) is 6. The first-order valence-electron chi connectivity index (χ1n) is 7.57. The summed E-state index contributed by atoms with van der Waals surface area (Å²) < 4.78 is 0. The summed E-state index contributed by atoms with van der Waals surface area (Å²) >= 11 is 0. The summed E-state index contributed by atoms with van der Waals surface area (Å²) in [7, 11) is 0. The number of nitriles is 2. The Morgan fingerprint density at radius 1 is 0.885 bits per heavy atom. The zero-order valence-corrected chi connectivity index (χ0v) is 13.7. The third-order valence-electron chi connectivity index (χ3n) is 3.80. The number of rotatable bonds is 3. The first-order valence-corrected chi connectivity index (χ1v) is 7.57. The van der Waals surface area contributed by atoms with Gasteiger partial charge in [0.25, 0.3) is 0 Å². The molecule has 0 saturated heterocycles. The third-order valence-corrected chi connectivity index (χ3v) is 3.80. The minimum Gasteiger partial charge on any atom is -0.258 e. The number of nitro groups is 1. The second kappa shape index (κ2) is 6.80. The van der Waals surface area contributed by atoms with E-state index in [1.54, 1.807) is 55.5 Å². The van der Waals surface area contributed by atoms with Crippen molar-refractivity contribution in [2.45, 2.75) is 6.92 Å². The maximum absolute atomic E-state index is 11.5. The van der Waals surface area contributed by atoms with E-state index in [0.717, 1.165) is 0 Å². The minimum atomic E-state index is -0.509. The van der Waals surface area contributed by atoms with Crippen molar-refractivity contribution in [2.24, 2.45) is 0 Å². The molecule has 0 radical (unpaired) electrons. The highest BCUT2D eigenvalue weighted by atomic mass is 16.6. The highest BCUT2D eigenvalue weighted by Gasteiger charge is 2.23. The standard InChI is InChI=1S/C19H11N5O2/c1-12-18(24(25)26)17(15-6-2-13(10-20)3-7-15)23-19(22-12)16-8-4-14(11-21)5-9-16/h2-9H,1H3. The smallest absolute Gasteiger partial charge is 0.258 e. The maximum Gasteiger partial charge on any atom is 0.316 e. The Hall–Kier alpha value is -4.10. The van der Waals surface area contributed by atoms with Crippen molar-refractivity contribution in [3.8, 4) is 34.8 Å². The van der Waals surface area contributed by atoms with Gasteiger partial charge in [-0.1, -0.05) is 12.1 Å². The number of benzene rings is 2. The van der Waals surface area contributed by atoms with Gasteiger partial charge in [0.15, 0.2) is 11.5 Å². The lowest BCUT2D eigenvalue weighted by molar-refractivity contribution is -0.385. The number of aryl methyl sites for hydroxylation is 1. The molecule has 0 saturated carbocycles. The SMILES string of the molecule is Cc1nc(-c2ccc(C#N)cc2)nc(-c2ccc(C#N)cc2)c1[N+](=O)[O-]. The Morgan fingerprint density at radius 3 is 1.85 bits per heavy atom. The van der Waals surface area contributed by atoms with Crippen molar-refractivity contribution in [3.05, 3.63) is 75.5 Å². The van der Waals surface area contributed by atoms with Crippen molar-refractivity contribution >= 4 is 5.69 Å². The molecule has 1 aromatic heterocycles. The lowest BCUT2D eigenvalue weighted by Gasteiger charge is -2.08. The maximum atomic E-state index is 11.5. The van der Waals surface area contributed by atoms with Crippen LogP contribution in [0.15, 0.2) is 48.5 Å². The average Bonchev–Trinajstić information content (AvgIpc) is 2.67. The van der Waals surface area contributed by atoms with Crippen LogP contribution in [0.5, 0.6) is 0 Å². The van der Waals surface area contributed by atoms with Gasteiger partial charge in [-0.15, -0.1) is 0 Å². The lowest BCUT2D eigenvalue weighted by Crippen LogP contribution is -2.03. The van der Waals surface area contributed by atoms with Gasteiger partial charge in [-0.05, 0) is 43.3 Å². The van der Waals surface area contributed by atoms with Gasteiger partial charge in [-0.25, -0.2) is 9.97 Å². The molecule has 0 unspecified atom stereocenters. The number of hydrogen-bond donors (Lipinski definition) is 0. The molecule has 3 aromatic rings. The molecule has 1 heterocycles. The van der Waals surface area contributed by atoms with Gasteiger partial charge in [0.05, 0.1) is 28.2 Å². The van der Waals surface area contributed by atoms with Gasteiger partial charge in [-0.2, -0.15) is 10.5 Å². The summed E-state index contributed by atoms with van der Waals surface area (Å²) in [6.07, 6.45) is 0. The van der Waals surface area contributed by atoms with Gasteiger partial charge < -0.3 is 0 Å². The predicted octanol–water partition coefficient (Wildman–Crippen LogP) is 3.77. The van der Waals surface area contributed by atoms with Gasteiger partial charge >= 0.3 is 5.69 Å². The van der Waals surface area contributed by atoms with Crippen LogP contribution in [0.2, 0.25) is 0 Å². The molecule has 0 atom stereocenters. The summed E-state index contributed by atoms with van der Waals surface area (Å²) in [5.74, 6) is 0.331. The molecule has 0 aliphatic carbocycles. The van der Waals surface area contributed by atoms with Crippen LogP contribution in [-0.2, 0) is 0 Å². The van der Waals surface area contributed by atoms with E-state index < -0.39 is 4.92 Å². The second-order valence-corrected chi connectivity index (χ2v) is 5.47. The number of aromatic nitrogens is 2. The molecule has 0 spiro atoms. The minimum absolute atomic E-state index is 0.174. The van der Waals surface area contributed by atoms with Gasteiger partial charge in [-0.3, -0.25) is 10.1 Å². The van der Waals surface area contributed by atoms with Crippen molar-refractivity contribution in [1.29, 1.82) is 10.5 Å². The van der Waals surface area contributed by atoms with Crippen LogP contribution in [0.3, 0.4) is 0 Å². The fraction of sp³-hybridized carbons (Fsp3) is 0.0526. The molecular weight excluding hydrogens is 330 g/mol. The fourth-order valence-electron chi connectivity index (χ4n) is 2.51. The molecule has 0 aliphatic heterocycles. The van der Waals surface area contributed by atoms with E-state index in [1.807, 2.05) is 12.1 Å². The quantitative estimate of drug-likeness (QED) is 0.528. The largest absolute Gasteiger partial charge is 0.316 e. The van der Waals surface area contributed by atoms with Crippen molar-refractivity contribution in [2.75, 3.05) is 0 Å². The molecule has 0 N–H and O–H groups in total. The van der Waals surface area contributed by atoms with E-state index >= 15 is 0 Å². The molecule has 0 bridgehead atoms. The van der Waals surface area contributed by atoms with Crippen LogP contribution in [0.25, 0.3) is 22.6 Å². The monoisotopic (exact) mass is 341 g/mol. The molecule has 0 fully saturated rings. The average molecular weight is 341 g/mol. The van der Waals surface area contributed by atoms with Crippen LogP contribution in [-0.4, -0.2) is 14.9 Å². The van der Waals surface area contributed by atoms with Crippen LogP contribution >= 0.6 is 0 Å². The van der Waals surface area contributed by atoms with Crippen LogP contribution in [0.1, 0.15) is 16.8 Å². The first-order chi connectivity index (χ1) is 12.5. The van der Waals surface area contributed by atoms with E-state index in [2.05, 4.69) is 9.97 Å². The molecule has 26 heavy (non-hydrogen) atoms. The highest BCUT2D eigenvalue weighted by Crippen LogP contribution is 2.32. The van der Waals surface area contributed by atoms with E-state index in [4.69, 9.17) is 10.5 Å². The summed E-state index contributed by atoms with van der Waals surface area (Å²) in [6, 6.07) is 17.1. The Morgan fingerprint density at radius 2 is 1.38 bits per heavy atom. The molecule has 2 aromatic carbocycles. The van der Waals surface area contributed by atoms with Crippen LogP contribution in [0, 0.1) is 39.7 Å². The first kappa shape index (κ1) is 16.7. The summed E-state index contributed by atoms with van der Waals surface area (Å²) in [5, 5.41) is 29.3. The van der Waals surface area contributed by atoms with Crippen molar-refractivity contribution < 1.29 is 4.92 Å². The van der Waals surface area contributed by atoms with Crippen LogP contribution in [0.4, 0.5) is 5.69 Å². The normalized spacial score (nSPS) is 9.96. The van der Waals surface area contributed by atoms with Crippen LogP contribution < -0.4 is 0 Å². The summed E-state index contributed by atoms with van der Waals surface area (Å²) in [5.41, 5.74) is 2.38. The van der Waals surface area contributed by atoms with Gasteiger partial charge in [0.1, 0.15) is 5.69 Å². The van der Waals surface area contributed by atoms with E-state index in [-0.39, 0.29) is 17.1 Å². The molecule has 7 heteroatoms. The molecule has 3 rings (SSSR count). The lowest BCUT2D eigenvalue weighted by atomic mass is 10.1. The molecule has 0 amide bonds. The summed E-state index contributed by atoms with van der Waals surface area (Å²) in [6.45, 7) is 1.56. The fourth-order valence-corrected chi connectivity index (χ4v) is 2.51. The highest BCUT2D eigenvalue weighted by molar-refractivity contribution is 5.74. The van der Waals surface area contributed by atoms with Gasteiger partial charge in [0.2, 0.25) is 0 Å². The molecule has 7 nitrogen and oxygen atoms in total. The predicted molar refractivity (Wildman–Crippen MR) is 93.7 cm³/mol. The van der Waals surface area contributed by atoms with Crippen molar-refractivity contribution in [1.82, 2.24) is 9.97 Å². The number of nitrogens with zero attached hydrogens (tertiary/aromatic N) is 5. The Kier molecular flexibility index (Phi) is 4.38. The third kappa shape index (κ3) is 3.10. The topological polar surface area (TPSA) is 116 Å². The van der Waals surface area contributed by atoms with E-state index in [0.29, 0.717) is 28.1 Å². The van der Waals surface area contributed by atoms with Gasteiger partial charge in [0, 0.05) is 11.1 Å². The molecular formula is C19H11N5O2. The summed E-state index contributed by atoms with van der Waals surface area (Å²) in [4.78, 5) is 19.6. The molecule has 0 aliphatic rings. The van der Waals surface area contributed by atoms with E-state index in [9.17, 15) is 10.1 Å². The molecule has 124 valence electrons. The zero-order valence-electron chi connectivity index (χ0n) is 13.7. The van der Waals surface area contributed by atoms with E-state index in [1.165, 1.54) is 0 Å². The second-order valence-electron chi connectivity index (χ2n) is 5.47. The Balaban J connectivity index is 2.20.